The first-order valence-electron chi connectivity index (χ1n) is 4.53. The largest absolute Gasteiger partial charge is 0.519 e. The third-order valence-electron chi connectivity index (χ3n) is 1.70. The number of hydrogen-bond acceptors (Lipinski definition) is 5. The first-order chi connectivity index (χ1) is 6.99. The molecule has 0 aliphatic heterocycles. The lowest BCUT2D eigenvalue weighted by molar-refractivity contribution is -0.145. The van der Waals surface area contributed by atoms with E-state index in [4.69, 9.17) is 4.74 Å². The van der Waals surface area contributed by atoms with E-state index in [-0.39, 0.29) is 24.8 Å². The van der Waals surface area contributed by atoms with Crippen molar-refractivity contribution < 1.29 is 18.4 Å². The summed E-state index contributed by atoms with van der Waals surface area (Å²) in [5.41, 5.74) is 0. The Morgan fingerprint density at radius 3 is 2.47 bits per heavy atom. The normalized spacial score (nSPS) is 10.7. The summed E-state index contributed by atoms with van der Waals surface area (Å²) in [6.07, 6.45) is 0.265. The van der Waals surface area contributed by atoms with Crippen LogP contribution in [-0.2, 0) is 16.1 Å². The molecule has 0 spiro atoms. The van der Waals surface area contributed by atoms with Gasteiger partial charge in [0.1, 0.15) is 0 Å². The van der Waals surface area contributed by atoms with Gasteiger partial charge in [0, 0.05) is 0 Å². The molecule has 5 nitrogen and oxygen atoms in total. The quantitative estimate of drug-likeness (QED) is 0.710. The molecule has 0 atom stereocenters. The van der Waals surface area contributed by atoms with E-state index in [1.54, 1.807) is 6.92 Å². The molecule has 1 rings (SSSR count). The highest BCUT2D eigenvalue weighted by atomic mass is 16.6. The van der Waals surface area contributed by atoms with Gasteiger partial charge in [0.15, 0.2) is 18.1 Å². The third kappa shape index (κ3) is 3.61. The Morgan fingerprint density at radius 1 is 1.33 bits per heavy atom. The van der Waals surface area contributed by atoms with E-state index < -0.39 is 5.82 Å². The molecule has 1 heterocycles. The van der Waals surface area contributed by atoms with Crippen LogP contribution in [0.2, 0.25) is 0 Å². The van der Waals surface area contributed by atoms with Gasteiger partial charge in [0.25, 0.3) is 0 Å². The molecule has 0 fully saturated rings. The molecular weight excluding hydrogens is 200 g/mol. The average molecular weight is 213 g/mol. The molecule has 0 saturated carbocycles. The minimum atomic E-state index is -0.781. The van der Waals surface area contributed by atoms with Gasteiger partial charge in [0.05, 0.1) is 6.42 Å². The maximum Gasteiger partial charge on any atom is 0.519 e. The fraction of sp³-hybridized carbons (Fsp3) is 0.500. The number of ether oxygens (including phenoxy) is 1. The number of carbonyl (C=O) groups excluding carboxylic acids is 1. The number of esters is 1. The molecule has 0 saturated heterocycles. The average Bonchev–Trinajstić information content (AvgIpc) is 2.40. The van der Waals surface area contributed by atoms with Gasteiger partial charge in [-0.1, -0.05) is 13.8 Å². The van der Waals surface area contributed by atoms with Gasteiger partial charge in [-0.25, -0.2) is 4.79 Å². The van der Waals surface area contributed by atoms with E-state index in [2.05, 4.69) is 8.83 Å². The molecule has 0 aromatic carbocycles. The topological polar surface area (TPSA) is 69.7 Å². The standard InChI is InChI=1S/C10H13O5/c1-6(2)4-9(11)13-5-8-7(3)14-10(12)15-8/h4-5H2,1-3H3. The first kappa shape index (κ1) is 11.6. The number of rotatable bonds is 4. The minimum absolute atomic E-state index is 0.0658. The zero-order valence-electron chi connectivity index (χ0n) is 8.96. The Morgan fingerprint density at radius 2 is 2.00 bits per heavy atom. The molecule has 0 unspecified atom stereocenters. The van der Waals surface area contributed by atoms with Crippen molar-refractivity contribution in [3.05, 3.63) is 28.1 Å². The van der Waals surface area contributed by atoms with Crippen LogP contribution in [-0.4, -0.2) is 5.97 Å². The molecule has 0 N–H and O–H groups in total. The van der Waals surface area contributed by atoms with Crippen LogP contribution in [0.1, 0.15) is 31.8 Å². The minimum Gasteiger partial charge on any atom is -0.457 e. The molecule has 5 heteroatoms. The molecule has 1 aromatic rings. The Hall–Kier alpha value is -1.52. The number of carbonyl (C=O) groups is 1. The van der Waals surface area contributed by atoms with Crippen LogP contribution in [0.25, 0.3) is 0 Å². The van der Waals surface area contributed by atoms with Crippen molar-refractivity contribution in [2.75, 3.05) is 0 Å². The number of aryl methyl sites for hydroxylation is 1. The second-order valence-electron chi connectivity index (χ2n) is 3.48. The summed E-state index contributed by atoms with van der Waals surface area (Å²) < 4.78 is 14.2. The summed E-state index contributed by atoms with van der Waals surface area (Å²) in [5.74, 6) is 0.424. The van der Waals surface area contributed by atoms with Crippen molar-refractivity contribution in [2.24, 2.45) is 0 Å². The van der Waals surface area contributed by atoms with Gasteiger partial charge in [-0.2, -0.15) is 0 Å². The Balaban J connectivity index is 2.47. The van der Waals surface area contributed by atoms with Gasteiger partial charge in [-0.3, -0.25) is 4.79 Å². The van der Waals surface area contributed by atoms with E-state index in [0.29, 0.717) is 5.76 Å². The van der Waals surface area contributed by atoms with Crippen molar-refractivity contribution in [3.63, 3.8) is 0 Å². The number of hydrogen-bond donors (Lipinski definition) is 0. The molecular formula is C10H13O5. The zero-order valence-corrected chi connectivity index (χ0v) is 8.96. The maximum absolute atomic E-state index is 11.2. The van der Waals surface area contributed by atoms with E-state index in [1.165, 1.54) is 0 Å². The fourth-order valence-electron chi connectivity index (χ4n) is 0.992. The van der Waals surface area contributed by atoms with Gasteiger partial charge in [-0.05, 0) is 12.8 Å². The highest BCUT2D eigenvalue weighted by Crippen LogP contribution is 2.09. The van der Waals surface area contributed by atoms with Gasteiger partial charge in [0.2, 0.25) is 0 Å². The molecule has 0 aliphatic carbocycles. The molecule has 1 radical (unpaired) electrons. The van der Waals surface area contributed by atoms with Crippen LogP contribution in [0.5, 0.6) is 0 Å². The van der Waals surface area contributed by atoms with Gasteiger partial charge < -0.3 is 13.6 Å². The van der Waals surface area contributed by atoms with Gasteiger partial charge in [-0.15, -0.1) is 0 Å². The van der Waals surface area contributed by atoms with Crippen molar-refractivity contribution in [1.29, 1.82) is 0 Å². The van der Waals surface area contributed by atoms with Crippen molar-refractivity contribution in [1.82, 2.24) is 0 Å². The molecule has 83 valence electrons. The van der Waals surface area contributed by atoms with Crippen molar-refractivity contribution in [2.45, 2.75) is 33.8 Å². The van der Waals surface area contributed by atoms with E-state index in [1.807, 2.05) is 13.8 Å². The van der Waals surface area contributed by atoms with Crippen molar-refractivity contribution in [3.8, 4) is 0 Å². The predicted octanol–water partition coefficient (Wildman–Crippen LogP) is 1.59. The molecule has 0 bridgehead atoms. The molecule has 0 aliphatic rings. The van der Waals surface area contributed by atoms with Crippen LogP contribution >= 0.6 is 0 Å². The van der Waals surface area contributed by atoms with Crippen LogP contribution in [0.4, 0.5) is 0 Å². The summed E-state index contributed by atoms with van der Waals surface area (Å²) in [7, 11) is 0. The predicted molar refractivity (Wildman–Crippen MR) is 51.0 cm³/mol. The lowest BCUT2D eigenvalue weighted by Crippen LogP contribution is -2.07. The van der Waals surface area contributed by atoms with Crippen LogP contribution in [0, 0.1) is 12.8 Å². The van der Waals surface area contributed by atoms with E-state index >= 15 is 0 Å². The Bertz CT molecular complexity index is 385. The molecule has 0 amide bonds. The summed E-state index contributed by atoms with van der Waals surface area (Å²) in [6.45, 7) is 5.18. The highest BCUT2D eigenvalue weighted by Gasteiger charge is 2.12. The maximum atomic E-state index is 11.2. The second kappa shape index (κ2) is 4.82. The summed E-state index contributed by atoms with van der Waals surface area (Å²) >= 11 is 0. The first-order valence-corrected chi connectivity index (χ1v) is 4.53. The highest BCUT2D eigenvalue weighted by molar-refractivity contribution is 5.71. The molecule has 1 aromatic heterocycles. The lowest BCUT2D eigenvalue weighted by atomic mass is 10.1. The van der Waals surface area contributed by atoms with Crippen LogP contribution in [0.15, 0.2) is 13.6 Å². The monoisotopic (exact) mass is 213 g/mol. The summed E-state index contributed by atoms with van der Waals surface area (Å²) in [6, 6.07) is 0. The van der Waals surface area contributed by atoms with Gasteiger partial charge >= 0.3 is 11.8 Å². The smallest absolute Gasteiger partial charge is 0.457 e. The van der Waals surface area contributed by atoms with E-state index in [9.17, 15) is 9.59 Å². The second-order valence-corrected chi connectivity index (χ2v) is 3.48. The lowest BCUT2D eigenvalue weighted by Gasteiger charge is -2.04. The Kier molecular flexibility index (Phi) is 3.71. The van der Waals surface area contributed by atoms with E-state index in [0.717, 1.165) is 5.92 Å². The zero-order chi connectivity index (χ0) is 11.4. The Labute approximate surface area is 87.0 Å². The molecule has 15 heavy (non-hydrogen) atoms. The van der Waals surface area contributed by atoms with Crippen LogP contribution in [0.3, 0.4) is 0 Å². The van der Waals surface area contributed by atoms with Crippen LogP contribution < -0.4 is 5.82 Å². The SMILES string of the molecule is C[C](C)CC(=O)OCc1oc(=O)oc1C. The summed E-state index contributed by atoms with van der Waals surface area (Å²) in [5, 5.41) is 0. The summed E-state index contributed by atoms with van der Waals surface area (Å²) in [4.78, 5) is 21.8. The fourth-order valence-corrected chi connectivity index (χ4v) is 0.992. The third-order valence-corrected chi connectivity index (χ3v) is 1.70. The van der Waals surface area contributed by atoms with Crippen molar-refractivity contribution >= 4 is 5.97 Å².